The van der Waals surface area contributed by atoms with Gasteiger partial charge in [-0.3, -0.25) is 4.57 Å². The van der Waals surface area contributed by atoms with E-state index < -0.39 is 0 Å². The van der Waals surface area contributed by atoms with E-state index in [-0.39, 0.29) is 12.1 Å². The second-order valence-electron chi connectivity index (χ2n) is 5.43. The molecule has 0 bridgehead atoms. The molecule has 8 heteroatoms. The highest BCUT2D eigenvalue weighted by molar-refractivity contribution is 6.17. The number of hydrogen-bond donors (Lipinski definition) is 1. The zero-order chi connectivity index (χ0) is 16.8. The minimum Gasteiger partial charge on any atom is -0.468 e. The molecule has 2 rings (SSSR count). The van der Waals surface area contributed by atoms with E-state index in [9.17, 15) is 0 Å². The van der Waals surface area contributed by atoms with Gasteiger partial charge in [-0.2, -0.15) is 15.0 Å². The summed E-state index contributed by atoms with van der Waals surface area (Å²) in [5.74, 6) is 0.915. The van der Waals surface area contributed by atoms with E-state index in [1.165, 1.54) is 0 Å². The first-order valence-corrected chi connectivity index (χ1v) is 8.44. The molecule has 0 fully saturated rings. The largest absolute Gasteiger partial charge is 0.468 e. The van der Waals surface area contributed by atoms with Crippen molar-refractivity contribution in [2.45, 2.75) is 52.2 Å². The molecule has 23 heavy (non-hydrogen) atoms. The molecule has 1 atom stereocenters. The van der Waals surface area contributed by atoms with Crippen LogP contribution in [-0.4, -0.2) is 38.6 Å². The van der Waals surface area contributed by atoms with E-state index >= 15 is 0 Å². The van der Waals surface area contributed by atoms with Crippen molar-refractivity contribution in [2.24, 2.45) is 0 Å². The zero-order valence-electron chi connectivity index (χ0n) is 13.9. The van der Waals surface area contributed by atoms with Crippen LogP contribution in [0.1, 0.15) is 39.5 Å². The van der Waals surface area contributed by atoms with E-state index in [0.717, 1.165) is 25.7 Å². The summed E-state index contributed by atoms with van der Waals surface area (Å²) in [4.78, 5) is 13.0. The van der Waals surface area contributed by atoms with Crippen molar-refractivity contribution < 1.29 is 9.47 Å². The third-order valence-electron chi connectivity index (χ3n) is 3.52. The van der Waals surface area contributed by atoms with Crippen LogP contribution in [0.3, 0.4) is 0 Å². The van der Waals surface area contributed by atoms with Gasteiger partial charge >= 0.3 is 6.01 Å². The summed E-state index contributed by atoms with van der Waals surface area (Å²) >= 11 is 5.75. The number of ether oxygens (including phenoxy) is 2. The van der Waals surface area contributed by atoms with Crippen molar-refractivity contribution in [3.8, 4) is 12.0 Å². The molecule has 0 aliphatic rings. The summed E-state index contributed by atoms with van der Waals surface area (Å²) < 4.78 is 13.0. The lowest BCUT2D eigenvalue weighted by molar-refractivity contribution is 0.193. The molecule has 0 saturated carbocycles. The third kappa shape index (κ3) is 4.16. The fourth-order valence-electron chi connectivity index (χ4n) is 2.40. The molecule has 1 unspecified atom stereocenters. The van der Waals surface area contributed by atoms with Gasteiger partial charge in [-0.05, 0) is 26.2 Å². The number of halogens is 1. The first-order valence-electron chi connectivity index (χ1n) is 7.91. The normalized spacial score (nSPS) is 12.5. The number of imidazole rings is 1. The van der Waals surface area contributed by atoms with Gasteiger partial charge in [0, 0.05) is 12.4 Å². The predicted molar refractivity (Wildman–Crippen MR) is 91.2 cm³/mol. The fourth-order valence-corrected chi connectivity index (χ4v) is 2.59. The third-order valence-corrected chi connectivity index (χ3v) is 3.78. The van der Waals surface area contributed by atoms with Gasteiger partial charge in [0.1, 0.15) is 0 Å². The first kappa shape index (κ1) is 17.6. The van der Waals surface area contributed by atoms with E-state index in [0.29, 0.717) is 35.4 Å². The predicted octanol–water partition coefficient (Wildman–Crippen LogP) is 3.00. The molecule has 0 aromatic carbocycles. The number of unbranched alkanes of at least 4 members (excludes halogenated alkanes) is 1. The van der Waals surface area contributed by atoms with Crippen LogP contribution in [0.5, 0.6) is 12.0 Å². The molecular formula is C15H24ClN5O2. The minimum absolute atomic E-state index is 0.0337. The van der Waals surface area contributed by atoms with Crippen LogP contribution in [0.4, 0.5) is 5.82 Å². The highest BCUT2D eigenvalue weighted by Gasteiger charge is 2.18. The number of methoxy groups -OCH3 is 1. The lowest BCUT2D eigenvalue weighted by atomic mass is 10.2. The maximum Gasteiger partial charge on any atom is 0.320 e. The summed E-state index contributed by atoms with van der Waals surface area (Å²) in [5.41, 5.74) is 7.17. The Morgan fingerprint density at radius 3 is 2.70 bits per heavy atom. The van der Waals surface area contributed by atoms with Crippen LogP contribution in [0, 0.1) is 0 Å². The minimum atomic E-state index is 0.0337. The average molecular weight is 342 g/mol. The average Bonchev–Trinajstić information content (AvgIpc) is 2.86. The number of anilines is 1. The number of aryl methyl sites for hydroxylation is 1. The molecule has 2 heterocycles. The summed E-state index contributed by atoms with van der Waals surface area (Å²) in [6.07, 6.45) is 3.80. The molecule has 0 radical (unpaired) electrons. The first-order chi connectivity index (χ1) is 11.1. The molecule has 0 aliphatic carbocycles. The second-order valence-corrected chi connectivity index (χ2v) is 5.80. The van der Waals surface area contributed by atoms with Gasteiger partial charge < -0.3 is 15.2 Å². The molecule has 128 valence electrons. The quantitative estimate of drug-likeness (QED) is 0.557. The van der Waals surface area contributed by atoms with Crippen LogP contribution >= 0.6 is 11.6 Å². The van der Waals surface area contributed by atoms with Crippen LogP contribution in [0.15, 0.2) is 0 Å². The van der Waals surface area contributed by atoms with Crippen molar-refractivity contribution in [3.05, 3.63) is 0 Å². The summed E-state index contributed by atoms with van der Waals surface area (Å²) in [6.45, 7) is 4.80. The number of hydrogen-bond acceptors (Lipinski definition) is 6. The van der Waals surface area contributed by atoms with E-state index in [1.807, 2.05) is 11.5 Å². The molecule has 2 N–H and O–H groups in total. The number of rotatable bonds is 9. The van der Waals surface area contributed by atoms with Crippen LogP contribution in [0.25, 0.3) is 11.2 Å². The van der Waals surface area contributed by atoms with Crippen molar-refractivity contribution in [2.75, 3.05) is 18.7 Å². The number of aromatic nitrogens is 4. The molecule has 0 aliphatic heterocycles. The van der Waals surface area contributed by atoms with Gasteiger partial charge in [0.25, 0.3) is 6.01 Å². The summed E-state index contributed by atoms with van der Waals surface area (Å²) in [6, 6.07) is 0.742. The molecule has 0 saturated heterocycles. The Bertz CT molecular complexity index is 646. The molecule has 0 spiro atoms. The SMILES string of the molecule is CCCC(C)Oc1nc(N)c2nc(OC)n(CCCCCl)c2n1. The van der Waals surface area contributed by atoms with Crippen LogP contribution in [-0.2, 0) is 6.54 Å². The van der Waals surface area contributed by atoms with Gasteiger partial charge in [-0.15, -0.1) is 11.6 Å². The van der Waals surface area contributed by atoms with Crippen molar-refractivity contribution in [3.63, 3.8) is 0 Å². The number of alkyl halides is 1. The van der Waals surface area contributed by atoms with Crippen molar-refractivity contribution in [1.29, 1.82) is 0 Å². The number of nitrogens with zero attached hydrogens (tertiary/aromatic N) is 4. The maximum atomic E-state index is 6.01. The molecule has 0 amide bonds. The smallest absolute Gasteiger partial charge is 0.320 e. The van der Waals surface area contributed by atoms with Gasteiger partial charge in [0.15, 0.2) is 17.0 Å². The Kier molecular flexibility index (Phi) is 6.27. The standard InChI is InChI=1S/C15H24ClN5O2/c1-4-7-10(2)23-14-19-12(17)11-13(20-14)21(9-6-5-8-16)15(18-11)22-3/h10H,4-9H2,1-3H3,(H2,17,19,20). The number of nitrogens with two attached hydrogens (primary N) is 1. The van der Waals surface area contributed by atoms with Crippen molar-refractivity contribution in [1.82, 2.24) is 19.5 Å². The van der Waals surface area contributed by atoms with Gasteiger partial charge in [-0.25, -0.2) is 0 Å². The molecule has 7 nitrogen and oxygen atoms in total. The lowest BCUT2D eigenvalue weighted by Gasteiger charge is -2.12. The van der Waals surface area contributed by atoms with Gasteiger partial charge in [0.05, 0.1) is 13.2 Å². The Labute approximate surface area is 141 Å². The molecular weight excluding hydrogens is 318 g/mol. The summed E-state index contributed by atoms with van der Waals surface area (Å²) in [7, 11) is 1.57. The fraction of sp³-hybridized carbons (Fsp3) is 0.667. The number of nitrogen functional groups attached to an aromatic ring is 1. The summed E-state index contributed by atoms with van der Waals surface area (Å²) in [5, 5.41) is 0. The van der Waals surface area contributed by atoms with Gasteiger partial charge in [0.2, 0.25) is 0 Å². The lowest BCUT2D eigenvalue weighted by Crippen LogP contribution is -2.14. The van der Waals surface area contributed by atoms with Gasteiger partial charge in [-0.1, -0.05) is 13.3 Å². The van der Waals surface area contributed by atoms with Crippen LogP contribution in [0.2, 0.25) is 0 Å². The van der Waals surface area contributed by atoms with E-state index in [2.05, 4.69) is 21.9 Å². The Morgan fingerprint density at radius 2 is 2.04 bits per heavy atom. The second kappa shape index (κ2) is 8.19. The Balaban J connectivity index is 2.36. The maximum absolute atomic E-state index is 6.01. The molecule has 2 aromatic heterocycles. The monoisotopic (exact) mass is 341 g/mol. The Morgan fingerprint density at radius 1 is 1.26 bits per heavy atom. The highest BCUT2D eigenvalue weighted by atomic mass is 35.5. The van der Waals surface area contributed by atoms with Crippen LogP contribution < -0.4 is 15.2 Å². The molecule has 2 aromatic rings. The number of fused-ring (bicyclic) bond motifs is 1. The Hall–Kier alpha value is -1.76. The highest BCUT2D eigenvalue weighted by Crippen LogP contribution is 2.26. The van der Waals surface area contributed by atoms with Crippen molar-refractivity contribution >= 4 is 28.6 Å². The topological polar surface area (TPSA) is 88.1 Å². The van der Waals surface area contributed by atoms with E-state index in [1.54, 1.807) is 7.11 Å². The zero-order valence-corrected chi connectivity index (χ0v) is 14.6. The van der Waals surface area contributed by atoms with E-state index in [4.69, 9.17) is 26.8 Å².